The predicted octanol–water partition coefficient (Wildman–Crippen LogP) is 1.83. The lowest BCUT2D eigenvalue weighted by molar-refractivity contribution is -0.119. The van der Waals surface area contributed by atoms with Crippen LogP contribution in [0.4, 0.5) is 5.69 Å². The van der Waals surface area contributed by atoms with Crippen molar-refractivity contribution in [2.24, 2.45) is 0 Å². The van der Waals surface area contributed by atoms with Gasteiger partial charge in [-0.25, -0.2) is 22.9 Å². The highest BCUT2D eigenvalue weighted by Crippen LogP contribution is 2.17. The molecule has 0 aliphatic carbocycles. The second-order valence-electron chi connectivity index (χ2n) is 5.00. The largest absolute Gasteiger partial charge is 0.452 e. The maximum atomic E-state index is 12.0. The molecular weight excluding hydrogens is 382 g/mol. The van der Waals surface area contributed by atoms with E-state index >= 15 is 0 Å². The molecular formula is C16H16ClN3O5S. The molecule has 26 heavy (non-hydrogen) atoms. The standard InChI is InChI=1S/C16H16ClN3O5S/c1-2-19-26(23,24)12-6-3-5-11(9-12)16(22)25-10-14(21)20-13-7-4-8-18-15(13)17/h3-9,19H,2,10H2,1H3,(H,20,21). The number of amides is 1. The van der Waals surface area contributed by atoms with E-state index in [1.54, 1.807) is 19.1 Å². The van der Waals surface area contributed by atoms with Crippen LogP contribution in [0.25, 0.3) is 0 Å². The Morgan fingerprint density at radius 3 is 2.69 bits per heavy atom. The Morgan fingerprint density at radius 2 is 2.00 bits per heavy atom. The number of ether oxygens (including phenoxy) is 1. The minimum absolute atomic E-state index is 0.0104. The van der Waals surface area contributed by atoms with Gasteiger partial charge in [0.15, 0.2) is 11.8 Å². The van der Waals surface area contributed by atoms with Crippen molar-refractivity contribution >= 4 is 39.2 Å². The second-order valence-corrected chi connectivity index (χ2v) is 7.12. The van der Waals surface area contributed by atoms with Crippen molar-refractivity contribution in [1.82, 2.24) is 9.71 Å². The van der Waals surface area contributed by atoms with Crippen molar-refractivity contribution in [3.05, 3.63) is 53.3 Å². The number of aromatic nitrogens is 1. The van der Waals surface area contributed by atoms with E-state index in [0.29, 0.717) is 0 Å². The molecule has 138 valence electrons. The Labute approximate surface area is 155 Å². The summed E-state index contributed by atoms with van der Waals surface area (Å²) in [5.74, 6) is -1.43. The number of carbonyl (C=O) groups excluding carboxylic acids is 2. The lowest BCUT2D eigenvalue weighted by atomic mass is 10.2. The molecule has 8 nitrogen and oxygen atoms in total. The lowest BCUT2D eigenvalue weighted by Gasteiger charge is -2.08. The number of carbonyl (C=O) groups is 2. The van der Waals surface area contributed by atoms with E-state index in [1.165, 1.54) is 30.5 Å². The SMILES string of the molecule is CCNS(=O)(=O)c1cccc(C(=O)OCC(=O)Nc2cccnc2Cl)c1. The number of anilines is 1. The van der Waals surface area contributed by atoms with Gasteiger partial charge < -0.3 is 10.1 Å². The average molecular weight is 398 g/mol. The van der Waals surface area contributed by atoms with Crippen LogP contribution in [0.5, 0.6) is 0 Å². The van der Waals surface area contributed by atoms with Gasteiger partial charge in [-0.3, -0.25) is 4.79 Å². The number of hydrogen-bond donors (Lipinski definition) is 2. The summed E-state index contributed by atoms with van der Waals surface area (Å²) in [6, 6.07) is 8.47. The van der Waals surface area contributed by atoms with Gasteiger partial charge in [-0.2, -0.15) is 0 Å². The summed E-state index contributed by atoms with van der Waals surface area (Å²) in [4.78, 5) is 27.6. The fourth-order valence-electron chi connectivity index (χ4n) is 1.94. The molecule has 0 unspecified atom stereocenters. The average Bonchev–Trinajstić information content (AvgIpc) is 2.62. The van der Waals surface area contributed by atoms with Crippen molar-refractivity contribution in [2.45, 2.75) is 11.8 Å². The molecule has 0 spiro atoms. The molecule has 10 heteroatoms. The molecule has 0 saturated heterocycles. The monoisotopic (exact) mass is 397 g/mol. The number of benzene rings is 1. The molecule has 0 aliphatic heterocycles. The van der Waals surface area contributed by atoms with Crippen LogP contribution in [0.2, 0.25) is 5.15 Å². The summed E-state index contributed by atoms with van der Waals surface area (Å²) in [6.45, 7) is 1.30. The summed E-state index contributed by atoms with van der Waals surface area (Å²) in [6.07, 6.45) is 1.46. The molecule has 0 bridgehead atoms. The van der Waals surface area contributed by atoms with Gasteiger partial charge in [-0.15, -0.1) is 0 Å². The Hall–Kier alpha value is -2.49. The van der Waals surface area contributed by atoms with Crippen LogP contribution in [-0.4, -0.2) is 38.4 Å². The maximum absolute atomic E-state index is 12.0. The Balaban J connectivity index is 2.00. The first-order chi connectivity index (χ1) is 12.3. The molecule has 2 N–H and O–H groups in total. The Morgan fingerprint density at radius 1 is 1.23 bits per heavy atom. The fourth-order valence-corrected chi connectivity index (χ4v) is 3.20. The zero-order valence-corrected chi connectivity index (χ0v) is 15.3. The van der Waals surface area contributed by atoms with Crippen molar-refractivity contribution in [3.8, 4) is 0 Å². The summed E-state index contributed by atoms with van der Waals surface area (Å²) >= 11 is 5.82. The van der Waals surface area contributed by atoms with Crippen LogP contribution in [0.3, 0.4) is 0 Å². The molecule has 1 aromatic heterocycles. The zero-order valence-electron chi connectivity index (χ0n) is 13.7. The summed E-state index contributed by atoms with van der Waals surface area (Å²) in [7, 11) is -3.70. The van der Waals surface area contributed by atoms with Crippen LogP contribution in [0, 0.1) is 0 Å². The minimum Gasteiger partial charge on any atom is -0.452 e. The highest BCUT2D eigenvalue weighted by molar-refractivity contribution is 7.89. The third-order valence-electron chi connectivity index (χ3n) is 3.08. The number of esters is 1. The van der Waals surface area contributed by atoms with E-state index in [4.69, 9.17) is 16.3 Å². The second kappa shape index (κ2) is 8.75. The van der Waals surface area contributed by atoms with Crippen molar-refractivity contribution < 1.29 is 22.7 Å². The third-order valence-corrected chi connectivity index (χ3v) is 4.93. The third kappa shape index (κ3) is 5.25. The predicted molar refractivity (Wildman–Crippen MR) is 95.5 cm³/mol. The normalized spacial score (nSPS) is 11.0. The summed E-state index contributed by atoms with van der Waals surface area (Å²) in [5, 5.41) is 2.56. The summed E-state index contributed by atoms with van der Waals surface area (Å²) < 4.78 is 31.1. The first-order valence-corrected chi connectivity index (χ1v) is 9.37. The topological polar surface area (TPSA) is 114 Å². The summed E-state index contributed by atoms with van der Waals surface area (Å²) in [5.41, 5.74) is 0.296. The zero-order chi connectivity index (χ0) is 19.2. The molecule has 0 saturated carbocycles. The van der Waals surface area contributed by atoms with Gasteiger partial charge in [-0.05, 0) is 30.3 Å². The molecule has 0 fully saturated rings. The van der Waals surface area contributed by atoms with Crippen LogP contribution in [0.15, 0.2) is 47.5 Å². The first kappa shape index (κ1) is 19.8. The molecule has 0 aliphatic rings. The molecule has 0 atom stereocenters. The fraction of sp³-hybridized carbons (Fsp3) is 0.188. The maximum Gasteiger partial charge on any atom is 0.338 e. The highest BCUT2D eigenvalue weighted by atomic mass is 35.5. The Bertz CT molecular complexity index is 918. The van der Waals surface area contributed by atoms with E-state index in [0.717, 1.165) is 0 Å². The van der Waals surface area contributed by atoms with Gasteiger partial charge in [0.05, 0.1) is 16.1 Å². The van der Waals surface area contributed by atoms with Crippen molar-refractivity contribution in [1.29, 1.82) is 0 Å². The number of hydrogen-bond acceptors (Lipinski definition) is 6. The van der Waals surface area contributed by atoms with E-state index in [2.05, 4.69) is 15.0 Å². The number of pyridine rings is 1. The van der Waals surface area contributed by atoms with Crippen LogP contribution in [-0.2, 0) is 19.6 Å². The molecule has 1 aromatic carbocycles. The van der Waals surface area contributed by atoms with Gasteiger partial charge in [0.2, 0.25) is 10.0 Å². The van der Waals surface area contributed by atoms with Crippen molar-refractivity contribution in [3.63, 3.8) is 0 Å². The molecule has 1 heterocycles. The molecule has 0 radical (unpaired) electrons. The number of nitrogens with zero attached hydrogens (tertiary/aromatic N) is 1. The Kier molecular flexibility index (Phi) is 6.67. The van der Waals surface area contributed by atoms with Crippen LogP contribution < -0.4 is 10.0 Å². The van der Waals surface area contributed by atoms with Crippen LogP contribution in [0.1, 0.15) is 17.3 Å². The minimum atomic E-state index is -3.70. The van der Waals surface area contributed by atoms with E-state index in [9.17, 15) is 18.0 Å². The van der Waals surface area contributed by atoms with Gasteiger partial charge in [0.1, 0.15) is 0 Å². The van der Waals surface area contributed by atoms with Crippen LogP contribution >= 0.6 is 11.6 Å². The van der Waals surface area contributed by atoms with E-state index in [-0.39, 0.29) is 27.8 Å². The van der Waals surface area contributed by atoms with E-state index < -0.39 is 28.5 Å². The smallest absolute Gasteiger partial charge is 0.338 e. The number of rotatable bonds is 7. The number of sulfonamides is 1. The van der Waals surface area contributed by atoms with Gasteiger partial charge in [0.25, 0.3) is 5.91 Å². The first-order valence-electron chi connectivity index (χ1n) is 7.50. The van der Waals surface area contributed by atoms with Gasteiger partial charge in [-0.1, -0.05) is 24.6 Å². The van der Waals surface area contributed by atoms with E-state index in [1.807, 2.05) is 0 Å². The van der Waals surface area contributed by atoms with Gasteiger partial charge in [0, 0.05) is 12.7 Å². The number of nitrogens with one attached hydrogen (secondary N) is 2. The number of halogens is 1. The lowest BCUT2D eigenvalue weighted by Crippen LogP contribution is -2.24. The quantitative estimate of drug-likeness (QED) is 0.544. The molecule has 2 aromatic rings. The van der Waals surface area contributed by atoms with Crippen molar-refractivity contribution in [2.75, 3.05) is 18.5 Å². The molecule has 2 rings (SSSR count). The highest BCUT2D eigenvalue weighted by Gasteiger charge is 2.17. The molecule has 1 amide bonds. The van der Waals surface area contributed by atoms with Gasteiger partial charge >= 0.3 is 5.97 Å².